The summed E-state index contributed by atoms with van der Waals surface area (Å²) in [6.07, 6.45) is 6.50. The zero-order chi connectivity index (χ0) is 13.7. The number of unbranched alkanes of at least 4 members (excludes halogenated alkanes) is 1. The smallest absolute Gasteiger partial charge is 0.139 e. The van der Waals surface area contributed by atoms with Crippen LogP contribution in [0.3, 0.4) is 0 Å². The summed E-state index contributed by atoms with van der Waals surface area (Å²) in [4.78, 5) is -0.808. The van der Waals surface area contributed by atoms with Gasteiger partial charge in [0.15, 0.2) is 0 Å². The first-order valence-electron chi connectivity index (χ1n) is 6.70. The quantitative estimate of drug-likeness (QED) is 0.331. The van der Waals surface area contributed by atoms with Gasteiger partial charge in [0, 0.05) is 5.41 Å². The van der Waals surface area contributed by atoms with Gasteiger partial charge >= 0.3 is 0 Å². The number of nitrogens with zero attached hydrogens (tertiary/aromatic N) is 1. The van der Waals surface area contributed by atoms with Crippen molar-refractivity contribution in [3.63, 3.8) is 0 Å². The Bertz CT molecular complexity index is 413. The predicted octanol–water partition coefficient (Wildman–Crippen LogP) is 4.19. The van der Waals surface area contributed by atoms with E-state index in [1.165, 1.54) is 0 Å². The molecular weight excluding hydrogens is 246 g/mol. The maximum Gasteiger partial charge on any atom is 0.139 e. The third-order valence-corrected chi connectivity index (χ3v) is 6.02. The molecule has 2 rings (SSSR count). The summed E-state index contributed by atoms with van der Waals surface area (Å²) in [5.41, 5.74) is -0.657. The molecule has 18 heavy (non-hydrogen) atoms. The molecule has 3 heteroatoms. The lowest BCUT2D eigenvalue weighted by atomic mass is 9.57. The molecule has 0 spiro atoms. The van der Waals surface area contributed by atoms with Crippen molar-refractivity contribution in [2.24, 2.45) is 5.41 Å². The first kappa shape index (κ1) is 13.9. The highest BCUT2D eigenvalue weighted by molar-refractivity contribution is 6.26. The highest BCUT2D eigenvalue weighted by atomic mass is 35.5. The molecular formula is C15H22ClNO. The minimum atomic E-state index is -0.808. The van der Waals surface area contributed by atoms with Crippen LogP contribution in [-0.4, -0.2) is 16.1 Å². The summed E-state index contributed by atoms with van der Waals surface area (Å²) >= 11 is 6.58. The summed E-state index contributed by atoms with van der Waals surface area (Å²) in [5.74, 6) is 0. The molecule has 0 amide bonds. The Morgan fingerprint density at radius 2 is 2.06 bits per heavy atom. The van der Waals surface area contributed by atoms with Crippen LogP contribution in [0.5, 0.6) is 0 Å². The van der Waals surface area contributed by atoms with E-state index >= 15 is 0 Å². The standard InChI is InChI=1S/C15H22ClNO/c1-5-6-7-8-15-12(2,3)14(16,11-17)10-9-13(15,4)18-15/h5H,1,6-10H2,2-4H3. The van der Waals surface area contributed by atoms with Crippen molar-refractivity contribution < 1.29 is 4.74 Å². The van der Waals surface area contributed by atoms with Crippen molar-refractivity contribution in [3.05, 3.63) is 12.7 Å². The fraction of sp³-hybridized carbons (Fsp3) is 0.800. The van der Waals surface area contributed by atoms with Crippen LogP contribution >= 0.6 is 11.6 Å². The lowest BCUT2D eigenvalue weighted by molar-refractivity contribution is 0.0913. The topological polar surface area (TPSA) is 36.3 Å². The molecule has 2 fully saturated rings. The Hall–Kier alpha value is -0.520. The molecule has 2 aliphatic rings. The Balaban J connectivity index is 2.28. The zero-order valence-electron chi connectivity index (χ0n) is 11.6. The zero-order valence-corrected chi connectivity index (χ0v) is 12.3. The second kappa shape index (κ2) is 3.99. The van der Waals surface area contributed by atoms with E-state index in [0.717, 1.165) is 25.7 Å². The average molecular weight is 268 g/mol. The summed E-state index contributed by atoms with van der Waals surface area (Å²) in [5, 5.41) is 9.44. The number of rotatable bonds is 4. The molecule has 0 aromatic rings. The highest BCUT2D eigenvalue weighted by Gasteiger charge is 2.79. The maximum absolute atomic E-state index is 9.44. The molecule has 1 aliphatic carbocycles. The second-order valence-corrected chi connectivity index (χ2v) is 7.02. The van der Waals surface area contributed by atoms with Crippen LogP contribution in [0.15, 0.2) is 12.7 Å². The summed E-state index contributed by atoms with van der Waals surface area (Å²) in [6, 6.07) is 2.33. The normalized spacial score (nSPS) is 44.8. The minimum Gasteiger partial charge on any atom is -0.362 e. The van der Waals surface area contributed by atoms with E-state index in [1.54, 1.807) is 0 Å². The molecule has 100 valence electrons. The van der Waals surface area contributed by atoms with Crippen molar-refractivity contribution >= 4 is 11.6 Å². The van der Waals surface area contributed by atoms with Gasteiger partial charge in [0.25, 0.3) is 0 Å². The fourth-order valence-corrected chi connectivity index (χ4v) is 4.01. The van der Waals surface area contributed by atoms with Gasteiger partial charge in [0.05, 0.1) is 11.7 Å². The van der Waals surface area contributed by atoms with Gasteiger partial charge in [0.1, 0.15) is 10.5 Å². The van der Waals surface area contributed by atoms with Gasteiger partial charge in [-0.15, -0.1) is 18.2 Å². The second-order valence-electron chi connectivity index (χ2n) is 6.38. The molecule has 0 aromatic carbocycles. The maximum atomic E-state index is 9.44. The number of epoxide rings is 1. The van der Waals surface area contributed by atoms with E-state index in [9.17, 15) is 5.26 Å². The fourth-order valence-electron chi connectivity index (χ4n) is 3.76. The Kier molecular flexibility index (Phi) is 3.08. The Labute approximate surface area is 115 Å². The number of halogens is 1. The van der Waals surface area contributed by atoms with Crippen molar-refractivity contribution in [3.8, 4) is 6.07 Å². The number of hydrogen-bond acceptors (Lipinski definition) is 2. The number of hydrogen-bond donors (Lipinski definition) is 0. The van der Waals surface area contributed by atoms with Crippen molar-refractivity contribution in [1.82, 2.24) is 0 Å². The number of alkyl halides is 1. The third kappa shape index (κ3) is 1.50. The van der Waals surface area contributed by atoms with Crippen molar-refractivity contribution in [2.75, 3.05) is 0 Å². The summed E-state index contributed by atoms with van der Waals surface area (Å²) in [6.45, 7) is 10.1. The van der Waals surface area contributed by atoms with Gasteiger partial charge in [-0.05, 0) is 39.0 Å². The van der Waals surface area contributed by atoms with Crippen LogP contribution < -0.4 is 0 Å². The van der Waals surface area contributed by atoms with Gasteiger partial charge in [-0.1, -0.05) is 19.9 Å². The van der Waals surface area contributed by atoms with Gasteiger partial charge in [0.2, 0.25) is 0 Å². The Morgan fingerprint density at radius 3 is 2.61 bits per heavy atom. The third-order valence-electron chi connectivity index (χ3n) is 5.27. The molecule has 1 heterocycles. The van der Waals surface area contributed by atoms with E-state index in [1.807, 2.05) is 6.08 Å². The number of allylic oxidation sites excluding steroid dienone is 1. The van der Waals surface area contributed by atoms with Crippen LogP contribution in [0.25, 0.3) is 0 Å². The van der Waals surface area contributed by atoms with E-state index in [4.69, 9.17) is 16.3 Å². The molecule has 0 radical (unpaired) electrons. The molecule has 0 N–H and O–H groups in total. The summed E-state index contributed by atoms with van der Waals surface area (Å²) in [7, 11) is 0. The molecule has 1 saturated heterocycles. The molecule has 1 aliphatic heterocycles. The van der Waals surface area contributed by atoms with Crippen LogP contribution in [0.1, 0.15) is 52.9 Å². The predicted molar refractivity (Wildman–Crippen MR) is 73.5 cm³/mol. The summed E-state index contributed by atoms with van der Waals surface area (Å²) < 4.78 is 6.14. The van der Waals surface area contributed by atoms with Crippen molar-refractivity contribution in [2.45, 2.75) is 69.0 Å². The van der Waals surface area contributed by atoms with E-state index in [-0.39, 0.29) is 16.6 Å². The monoisotopic (exact) mass is 267 g/mol. The molecule has 0 aromatic heterocycles. The highest BCUT2D eigenvalue weighted by Crippen LogP contribution is 2.71. The molecule has 0 bridgehead atoms. The van der Waals surface area contributed by atoms with Crippen LogP contribution in [0.2, 0.25) is 0 Å². The van der Waals surface area contributed by atoms with Gasteiger partial charge in [-0.2, -0.15) is 5.26 Å². The van der Waals surface area contributed by atoms with Crippen LogP contribution in [-0.2, 0) is 4.74 Å². The molecule has 2 nitrogen and oxygen atoms in total. The Morgan fingerprint density at radius 1 is 1.39 bits per heavy atom. The van der Waals surface area contributed by atoms with Gasteiger partial charge in [-0.25, -0.2) is 0 Å². The van der Waals surface area contributed by atoms with Crippen LogP contribution in [0.4, 0.5) is 0 Å². The average Bonchev–Trinajstić information content (AvgIpc) is 2.94. The van der Waals surface area contributed by atoms with Crippen molar-refractivity contribution in [1.29, 1.82) is 5.26 Å². The number of ether oxygens (including phenoxy) is 1. The van der Waals surface area contributed by atoms with Gasteiger partial charge < -0.3 is 4.74 Å². The largest absolute Gasteiger partial charge is 0.362 e. The lowest BCUT2D eigenvalue weighted by Crippen LogP contribution is -2.55. The molecule has 3 unspecified atom stereocenters. The molecule has 3 atom stereocenters. The first-order chi connectivity index (χ1) is 8.29. The minimum absolute atomic E-state index is 0.0904. The van der Waals surface area contributed by atoms with E-state index < -0.39 is 4.87 Å². The van der Waals surface area contributed by atoms with Crippen LogP contribution in [0, 0.1) is 16.7 Å². The van der Waals surface area contributed by atoms with E-state index in [0.29, 0.717) is 6.42 Å². The number of fused-ring (bicyclic) bond motifs is 1. The lowest BCUT2D eigenvalue weighted by Gasteiger charge is -2.46. The first-order valence-corrected chi connectivity index (χ1v) is 7.08. The van der Waals surface area contributed by atoms with Gasteiger partial charge in [-0.3, -0.25) is 0 Å². The molecule has 1 saturated carbocycles. The SMILES string of the molecule is C=CCCCC12OC1(C)CCC(Cl)(C#N)C2(C)C. The van der Waals surface area contributed by atoms with E-state index in [2.05, 4.69) is 33.4 Å². The number of nitriles is 1.